The summed E-state index contributed by atoms with van der Waals surface area (Å²) in [5, 5.41) is 20.2. The van der Waals surface area contributed by atoms with Crippen LogP contribution in [0.1, 0.15) is 11.1 Å². The summed E-state index contributed by atoms with van der Waals surface area (Å²) in [7, 11) is 1.96. The van der Waals surface area contributed by atoms with E-state index in [1.807, 2.05) is 42.3 Å². The van der Waals surface area contributed by atoms with Crippen molar-refractivity contribution >= 4 is 17.5 Å². The van der Waals surface area contributed by atoms with Crippen molar-refractivity contribution in [2.24, 2.45) is 0 Å². The second-order valence-corrected chi connectivity index (χ2v) is 5.45. The summed E-state index contributed by atoms with van der Waals surface area (Å²) in [6.07, 6.45) is 6.07. The monoisotopic (exact) mass is 331 g/mol. The van der Waals surface area contributed by atoms with Crippen LogP contribution in [0.25, 0.3) is 0 Å². The van der Waals surface area contributed by atoms with E-state index in [1.165, 1.54) is 5.56 Å². The van der Waals surface area contributed by atoms with E-state index >= 15 is 0 Å². The van der Waals surface area contributed by atoms with E-state index in [-0.39, 0.29) is 0 Å². The lowest BCUT2D eigenvalue weighted by atomic mass is 10.2. The van der Waals surface area contributed by atoms with Crippen LogP contribution in [-0.4, -0.2) is 33.8 Å². The number of anilines is 3. The Balaban J connectivity index is 1.69. The van der Waals surface area contributed by atoms with Crippen molar-refractivity contribution in [1.82, 2.24) is 20.2 Å². The number of nitriles is 1. The molecule has 0 fully saturated rings. The Kier molecular flexibility index (Phi) is 5.12. The van der Waals surface area contributed by atoms with Gasteiger partial charge in [-0.3, -0.25) is 4.98 Å². The number of rotatable bonds is 6. The highest BCUT2D eigenvalue weighted by Gasteiger charge is 2.08. The lowest BCUT2D eigenvalue weighted by molar-refractivity contribution is 0.840. The maximum absolute atomic E-state index is 9.16. The Morgan fingerprint density at radius 2 is 1.96 bits per heavy atom. The molecule has 1 aromatic carbocycles. The van der Waals surface area contributed by atoms with Crippen LogP contribution < -0.4 is 10.2 Å². The van der Waals surface area contributed by atoms with Gasteiger partial charge in [0.2, 0.25) is 5.95 Å². The van der Waals surface area contributed by atoms with E-state index < -0.39 is 0 Å². The molecule has 0 aliphatic heterocycles. The van der Waals surface area contributed by atoms with Crippen molar-refractivity contribution in [3.63, 3.8) is 0 Å². The van der Waals surface area contributed by atoms with Crippen molar-refractivity contribution in [3.8, 4) is 6.07 Å². The molecular weight excluding hydrogens is 314 g/mol. The van der Waals surface area contributed by atoms with Gasteiger partial charge >= 0.3 is 0 Å². The Labute approximate surface area is 146 Å². The second-order valence-electron chi connectivity index (χ2n) is 5.45. The third-order valence-corrected chi connectivity index (χ3v) is 3.72. The van der Waals surface area contributed by atoms with Crippen molar-refractivity contribution in [2.45, 2.75) is 6.42 Å². The molecule has 0 spiro atoms. The summed E-state index contributed by atoms with van der Waals surface area (Å²) in [6.45, 7) is 0.789. The van der Waals surface area contributed by atoms with E-state index in [4.69, 9.17) is 5.26 Å². The molecule has 0 radical (unpaired) electrons. The van der Waals surface area contributed by atoms with Gasteiger partial charge in [-0.15, -0.1) is 5.10 Å². The Morgan fingerprint density at radius 1 is 1.16 bits per heavy atom. The van der Waals surface area contributed by atoms with Gasteiger partial charge in [-0.2, -0.15) is 15.3 Å². The maximum atomic E-state index is 9.16. The predicted molar refractivity (Wildman–Crippen MR) is 95.5 cm³/mol. The van der Waals surface area contributed by atoms with Gasteiger partial charge in [0.25, 0.3) is 0 Å². The van der Waals surface area contributed by atoms with E-state index in [2.05, 4.69) is 31.6 Å². The quantitative estimate of drug-likeness (QED) is 0.742. The van der Waals surface area contributed by atoms with Gasteiger partial charge in [-0.25, -0.2) is 0 Å². The molecule has 0 unspecified atom stereocenters. The fraction of sp³-hybridized carbons (Fsp3) is 0.167. The summed E-state index contributed by atoms with van der Waals surface area (Å²) in [4.78, 5) is 10.5. The van der Waals surface area contributed by atoms with Crippen LogP contribution in [0, 0.1) is 11.3 Å². The Hall–Kier alpha value is -3.53. The van der Waals surface area contributed by atoms with Gasteiger partial charge in [0.05, 0.1) is 17.4 Å². The third-order valence-electron chi connectivity index (χ3n) is 3.72. The molecule has 2 heterocycles. The van der Waals surface area contributed by atoms with Crippen LogP contribution in [0.2, 0.25) is 0 Å². The van der Waals surface area contributed by atoms with Crippen LogP contribution in [0.4, 0.5) is 17.5 Å². The van der Waals surface area contributed by atoms with E-state index in [0.29, 0.717) is 23.0 Å². The molecule has 0 bridgehead atoms. The van der Waals surface area contributed by atoms with Crippen LogP contribution in [0.15, 0.2) is 55.0 Å². The largest absolute Gasteiger partial charge is 0.358 e. The van der Waals surface area contributed by atoms with E-state index in [1.54, 1.807) is 24.7 Å². The first-order valence-corrected chi connectivity index (χ1v) is 7.82. The summed E-state index contributed by atoms with van der Waals surface area (Å²) >= 11 is 0. The molecule has 124 valence electrons. The third kappa shape index (κ3) is 4.26. The minimum Gasteiger partial charge on any atom is -0.358 e. The number of nitrogens with zero attached hydrogens (tertiary/aromatic N) is 6. The van der Waals surface area contributed by atoms with Gasteiger partial charge in [0, 0.05) is 26.0 Å². The van der Waals surface area contributed by atoms with Gasteiger partial charge in [-0.05, 0) is 36.2 Å². The normalized spacial score (nSPS) is 10.1. The minimum absolute atomic E-state index is 0.357. The maximum Gasteiger partial charge on any atom is 0.249 e. The van der Waals surface area contributed by atoms with Crippen LogP contribution in [-0.2, 0) is 6.42 Å². The molecule has 1 N–H and O–H groups in total. The molecule has 3 aromatic rings. The van der Waals surface area contributed by atoms with E-state index in [0.717, 1.165) is 13.0 Å². The first-order chi connectivity index (χ1) is 12.3. The fourth-order valence-electron chi connectivity index (χ4n) is 2.30. The molecule has 0 atom stereocenters. The number of likely N-dealkylation sites (N-methyl/N-ethyl adjacent to an activating group) is 1. The highest BCUT2D eigenvalue weighted by atomic mass is 15.3. The van der Waals surface area contributed by atoms with Gasteiger partial charge in [-0.1, -0.05) is 12.1 Å². The second kappa shape index (κ2) is 7.84. The molecule has 0 amide bonds. The molecular formula is C18H17N7. The average Bonchev–Trinajstić information content (AvgIpc) is 2.67. The van der Waals surface area contributed by atoms with Gasteiger partial charge in [0.15, 0.2) is 5.82 Å². The molecule has 0 aliphatic rings. The van der Waals surface area contributed by atoms with E-state index in [9.17, 15) is 0 Å². The lowest BCUT2D eigenvalue weighted by Gasteiger charge is -2.18. The number of hydrogen-bond acceptors (Lipinski definition) is 7. The summed E-state index contributed by atoms with van der Waals surface area (Å²) < 4.78 is 0. The average molecular weight is 331 g/mol. The Morgan fingerprint density at radius 3 is 2.76 bits per heavy atom. The summed E-state index contributed by atoms with van der Waals surface area (Å²) in [6, 6.07) is 13.3. The first kappa shape index (κ1) is 16.3. The fourth-order valence-corrected chi connectivity index (χ4v) is 2.30. The molecule has 0 saturated heterocycles. The number of nitrogens with one attached hydrogen (secondary N) is 1. The van der Waals surface area contributed by atoms with Crippen molar-refractivity contribution in [2.75, 3.05) is 23.8 Å². The molecule has 2 aromatic heterocycles. The van der Waals surface area contributed by atoms with Gasteiger partial charge < -0.3 is 10.2 Å². The molecule has 25 heavy (non-hydrogen) atoms. The van der Waals surface area contributed by atoms with Crippen LogP contribution >= 0.6 is 0 Å². The summed E-state index contributed by atoms with van der Waals surface area (Å²) in [5.74, 6) is 1.07. The number of para-hydroxylation sites is 1. The highest BCUT2D eigenvalue weighted by molar-refractivity contribution is 5.63. The summed E-state index contributed by atoms with van der Waals surface area (Å²) in [5.41, 5.74) is 2.40. The zero-order valence-electron chi connectivity index (χ0n) is 13.8. The van der Waals surface area contributed by atoms with Crippen LogP contribution in [0.5, 0.6) is 0 Å². The number of pyridine rings is 1. The number of benzene rings is 1. The molecule has 7 heteroatoms. The van der Waals surface area contributed by atoms with Crippen LogP contribution in [0.3, 0.4) is 0 Å². The standard InChI is InChI=1S/C18H17N7/c1-25(11-8-14-6-9-20-10-7-14)17-13-21-24-18(23-17)22-16-5-3-2-4-15(16)12-19/h2-7,9-10,13H,8,11H2,1H3,(H,22,23,24). The van der Waals surface area contributed by atoms with Crippen molar-refractivity contribution < 1.29 is 0 Å². The predicted octanol–water partition coefficient (Wildman–Crippen LogP) is 2.56. The molecule has 0 aliphatic carbocycles. The minimum atomic E-state index is 0.357. The molecule has 7 nitrogen and oxygen atoms in total. The molecule has 3 rings (SSSR count). The Bertz CT molecular complexity index is 874. The zero-order chi connectivity index (χ0) is 17.5. The topological polar surface area (TPSA) is 90.6 Å². The van der Waals surface area contributed by atoms with Crippen molar-refractivity contribution in [3.05, 3.63) is 66.1 Å². The number of hydrogen-bond donors (Lipinski definition) is 1. The first-order valence-electron chi connectivity index (χ1n) is 7.82. The lowest BCUT2D eigenvalue weighted by Crippen LogP contribution is -2.22. The number of aromatic nitrogens is 4. The molecule has 0 saturated carbocycles. The highest BCUT2D eigenvalue weighted by Crippen LogP contribution is 2.18. The van der Waals surface area contributed by atoms with Gasteiger partial charge in [0.1, 0.15) is 6.07 Å². The zero-order valence-corrected chi connectivity index (χ0v) is 13.8. The van der Waals surface area contributed by atoms with Crippen molar-refractivity contribution in [1.29, 1.82) is 5.26 Å². The SMILES string of the molecule is CN(CCc1ccncc1)c1cnnc(Nc2ccccc2C#N)n1. The smallest absolute Gasteiger partial charge is 0.249 e.